The second-order valence-corrected chi connectivity index (χ2v) is 6.36. The summed E-state index contributed by atoms with van der Waals surface area (Å²) in [5.74, 6) is 2.89. The van der Waals surface area contributed by atoms with Gasteiger partial charge in [0.25, 0.3) is 0 Å². The SMILES string of the molecule is CCNCC1CCN(CC2CCCC(C)C2)C1. The van der Waals surface area contributed by atoms with Crippen LogP contribution in [0.5, 0.6) is 0 Å². The average molecular weight is 238 g/mol. The summed E-state index contributed by atoms with van der Waals surface area (Å²) in [5.41, 5.74) is 0. The number of rotatable bonds is 5. The summed E-state index contributed by atoms with van der Waals surface area (Å²) in [4.78, 5) is 2.73. The van der Waals surface area contributed by atoms with Crippen LogP contribution in [0.1, 0.15) is 46.0 Å². The lowest BCUT2D eigenvalue weighted by Crippen LogP contribution is -2.31. The molecule has 2 rings (SSSR count). The average Bonchev–Trinajstić information content (AvgIpc) is 2.74. The molecule has 0 aromatic carbocycles. The van der Waals surface area contributed by atoms with Gasteiger partial charge in [-0.15, -0.1) is 0 Å². The van der Waals surface area contributed by atoms with Crippen molar-refractivity contribution in [3.63, 3.8) is 0 Å². The first-order valence-electron chi connectivity index (χ1n) is 7.71. The van der Waals surface area contributed by atoms with E-state index in [0.29, 0.717) is 0 Å². The minimum absolute atomic E-state index is 0.913. The Kier molecular flexibility index (Phi) is 5.30. The standard InChI is InChI=1S/C15H30N2/c1-3-16-10-15-7-8-17(12-15)11-14-6-4-5-13(2)9-14/h13-16H,3-12H2,1-2H3. The topological polar surface area (TPSA) is 15.3 Å². The monoisotopic (exact) mass is 238 g/mol. The Morgan fingerprint density at radius 1 is 1.18 bits per heavy atom. The van der Waals surface area contributed by atoms with Gasteiger partial charge in [-0.25, -0.2) is 0 Å². The molecule has 1 N–H and O–H groups in total. The molecule has 0 radical (unpaired) electrons. The van der Waals surface area contributed by atoms with E-state index in [9.17, 15) is 0 Å². The molecule has 0 bridgehead atoms. The van der Waals surface area contributed by atoms with Crippen molar-refractivity contribution in [2.45, 2.75) is 46.0 Å². The zero-order valence-electron chi connectivity index (χ0n) is 11.8. The summed E-state index contributed by atoms with van der Waals surface area (Å²) >= 11 is 0. The van der Waals surface area contributed by atoms with Gasteiger partial charge >= 0.3 is 0 Å². The van der Waals surface area contributed by atoms with Crippen molar-refractivity contribution >= 4 is 0 Å². The van der Waals surface area contributed by atoms with Crippen molar-refractivity contribution in [2.75, 3.05) is 32.7 Å². The Bertz CT molecular complexity index is 217. The van der Waals surface area contributed by atoms with Crippen molar-refractivity contribution < 1.29 is 0 Å². The van der Waals surface area contributed by atoms with E-state index in [0.717, 1.165) is 24.3 Å². The van der Waals surface area contributed by atoms with Gasteiger partial charge in [-0.3, -0.25) is 0 Å². The molecule has 17 heavy (non-hydrogen) atoms. The first-order chi connectivity index (χ1) is 8.28. The Balaban J connectivity index is 1.66. The molecule has 0 spiro atoms. The molecule has 0 aromatic rings. The highest BCUT2D eigenvalue weighted by molar-refractivity contribution is 4.80. The van der Waals surface area contributed by atoms with Crippen LogP contribution in [0, 0.1) is 17.8 Å². The van der Waals surface area contributed by atoms with Crippen molar-refractivity contribution in [2.24, 2.45) is 17.8 Å². The van der Waals surface area contributed by atoms with Gasteiger partial charge in [-0.2, -0.15) is 0 Å². The second-order valence-electron chi connectivity index (χ2n) is 6.36. The van der Waals surface area contributed by atoms with Crippen LogP contribution in [0.15, 0.2) is 0 Å². The second kappa shape index (κ2) is 6.75. The quantitative estimate of drug-likeness (QED) is 0.792. The smallest absolute Gasteiger partial charge is 0.00224 e. The zero-order chi connectivity index (χ0) is 12.1. The summed E-state index contributed by atoms with van der Waals surface area (Å²) in [6.07, 6.45) is 7.32. The molecule has 2 heteroatoms. The lowest BCUT2D eigenvalue weighted by molar-refractivity contribution is 0.199. The van der Waals surface area contributed by atoms with E-state index in [1.807, 2.05) is 0 Å². The first kappa shape index (κ1) is 13.4. The van der Waals surface area contributed by atoms with E-state index in [1.165, 1.54) is 58.3 Å². The third-order valence-corrected chi connectivity index (χ3v) is 4.61. The van der Waals surface area contributed by atoms with E-state index >= 15 is 0 Å². The maximum absolute atomic E-state index is 3.49. The third-order valence-electron chi connectivity index (χ3n) is 4.61. The Morgan fingerprint density at radius 3 is 2.82 bits per heavy atom. The minimum Gasteiger partial charge on any atom is -0.317 e. The third kappa shape index (κ3) is 4.26. The lowest BCUT2D eigenvalue weighted by atomic mass is 9.82. The first-order valence-corrected chi connectivity index (χ1v) is 7.71. The maximum Gasteiger partial charge on any atom is 0.00224 e. The van der Waals surface area contributed by atoms with Gasteiger partial charge < -0.3 is 10.2 Å². The summed E-state index contributed by atoms with van der Waals surface area (Å²) in [5, 5.41) is 3.49. The fraction of sp³-hybridized carbons (Fsp3) is 1.00. The molecule has 1 aliphatic heterocycles. The van der Waals surface area contributed by atoms with Crippen molar-refractivity contribution in [1.29, 1.82) is 0 Å². The summed E-state index contributed by atoms with van der Waals surface area (Å²) in [6, 6.07) is 0. The van der Waals surface area contributed by atoms with Crippen LogP contribution in [0.2, 0.25) is 0 Å². The van der Waals surface area contributed by atoms with Gasteiger partial charge in [0.15, 0.2) is 0 Å². The molecule has 3 unspecified atom stereocenters. The predicted octanol–water partition coefficient (Wildman–Crippen LogP) is 2.74. The predicted molar refractivity (Wildman–Crippen MR) is 74.2 cm³/mol. The van der Waals surface area contributed by atoms with Crippen LogP contribution in [-0.4, -0.2) is 37.6 Å². The van der Waals surface area contributed by atoms with Crippen LogP contribution in [-0.2, 0) is 0 Å². The van der Waals surface area contributed by atoms with Gasteiger partial charge in [0, 0.05) is 13.1 Å². The van der Waals surface area contributed by atoms with E-state index in [1.54, 1.807) is 0 Å². The fourth-order valence-corrected chi connectivity index (χ4v) is 3.68. The zero-order valence-corrected chi connectivity index (χ0v) is 11.8. The Morgan fingerprint density at radius 2 is 2.06 bits per heavy atom. The van der Waals surface area contributed by atoms with Crippen LogP contribution >= 0.6 is 0 Å². The van der Waals surface area contributed by atoms with E-state index in [2.05, 4.69) is 24.1 Å². The van der Waals surface area contributed by atoms with Crippen LogP contribution in [0.3, 0.4) is 0 Å². The number of hydrogen-bond acceptors (Lipinski definition) is 2. The molecule has 2 fully saturated rings. The highest BCUT2D eigenvalue weighted by Gasteiger charge is 2.26. The largest absolute Gasteiger partial charge is 0.317 e. The fourth-order valence-electron chi connectivity index (χ4n) is 3.68. The highest BCUT2D eigenvalue weighted by Crippen LogP contribution is 2.30. The molecule has 100 valence electrons. The van der Waals surface area contributed by atoms with Crippen molar-refractivity contribution in [3.05, 3.63) is 0 Å². The van der Waals surface area contributed by atoms with Crippen LogP contribution in [0.25, 0.3) is 0 Å². The van der Waals surface area contributed by atoms with Gasteiger partial charge in [0.2, 0.25) is 0 Å². The van der Waals surface area contributed by atoms with E-state index < -0.39 is 0 Å². The molecule has 3 atom stereocenters. The number of hydrogen-bond donors (Lipinski definition) is 1. The van der Waals surface area contributed by atoms with Gasteiger partial charge in [-0.1, -0.05) is 26.7 Å². The molecular weight excluding hydrogens is 208 g/mol. The molecule has 2 nitrogen and oxygen atoms in total. The molecule has 0 amide bonds. The molecule has 1 saturated carbocycles. The molecule has 1 heterocycles. The van der Waals surface area contributed by atoms with Gasteiger partial charge in [0.1, 0.15) is 0 Å². The van der Waals surface area contributed by atoms with Crippen molar-refractivity contribution in [1.82, 2.24) is 10.2 Å². The minimum atomic E-state index is 0.913. The van der Waals surface area contributed by atoms with Crippen LogP contribution < -0.4 is 5.32 Å². The summed E-state index contributed by atoms with van der Waals surface area (Å²) in [7, 11) is 0. The summed E-state index contributed by atoms with van der Waals surface area (Å²) in [6.45, 7) is 11.1. The van der Waals surface area contributed by atoms with Gasteiger partial charge in [0.05, 0.1) is 0 Å². The normalized spacial score (nSPS) is 35.3. The summed E-state index contributed by atoms with van der Waals surface area (Å²) < 4.78 is 0. The molecular formula is C15H30N2. The number of nitrogens with one attached hydrogen (secondary N) is 1. The molecule has 0 aromatic heterocycles. The maximum atomic E-state index is 3.49. The molecule has 1 saturated heterocycles. The van der Waals surface area contributed by atoms with Crippen LogP contribution in [0.4, 0.5) is 0 Å². The van der Waals surface area contributed by atoms with E-state index in [4.69, 9.17) is 0 Å². The Labute approximate surface area is 107 Å². The molecule has 1 aliphatic carbocycles. The number of nitrogens with zero attached hydrogens (tertiary/aromatic N) is 1. The Hall–Kier alpha value is -0.0800. The van der Waals surface area contributed by atoms with Gasteiger partial charge in [-0.05, 0) is 56.7 Å². The lowest BCUT2D eigenvalue weighted by Gasteiger charge is -2.30. The number of likely N-dealkylation sites (tertiary alicyclic amines) is 1. The highest BCUT2D eigenvalue weighted by atomic mass is 15.1. The van der Waals surface area contributed by atoms with E-state index in [-0.39, 0.29) is 0 Å². The van der Waals surface area contributed by atoms with Crippen molar-refractivity contribution in [3.8, 4) is 0 Å². The molecule has 2 aliphatic rings.